The number of hydrogen-bond acceptors (Lipinski definition) is 1. The molecule has 0 aliphatic carbocycles. The van der Waals surface area contributed by atoms with E-state index in [1.165, 1.54) is 0 Å². The molecule has 0 saturated heterocycles. The predicted octanol–water partition coefficient (Wildman–Crippen LogP) is 2.29. The summed E-state index contributed by atoms with van der Waals surface area (Å²) in [5, 5.41) is 2.86. The number of amides is 1. The molecule has 0 bridgehead atoms. The zero-order chi connectivity index (χ0) is 11.1. The lowest BCUT2D eigenvalue weighted by Crippen LogP contribution is -2.32. The third-order valence-corrected chi connectivity index (χ3v) is 2.79. The van der Waals surface area contributed by atoms with Gasteiger partial charge in [0.25, 0.3) is 0 Å². The second-order valence-electron chi connectivity index (χ2n) is 4.51. The number of fused-ring (bicyclic) bond motifs is 1. The molecule has 1 aromatic rings. The summed E-state index contributed by atoms with van der Waals surface area (Å²) in [4.78, 5) is 11.4. The summed E-state index contributed by atoms with van der Waals surface area (Å²) in [6, 6.07) is 5.71. The Bertz CT molecular complexity index is 466. The molecule has 0 aromatic heterocycles. The van der Waals surface area contributed by atoms with Gasteiger partial charge in [-0.25, -0.2) is 0 Å². The van der Waals surface area contributed by atoms with E-state index in [1.54, 1.807) is 0 Å². The Hall–Kier alpha value is -1.75. The summed E-state index contributed by atoms with van der Waals surface area (Å²) < 4.78 is 0. The first-order valence-electron chi connectivity index (χ1n) is 4.94. The molecule has 1 amide bonds. The predicted molar refractivity (Wildman–Crippen MR) is 60.6 cm³/mol. The second kappa shape index (κ2) is 3.13. The average Bonchev–Trinajstić information content (AvgIpc) is 2.16. The number of benzene rings is 1. The Kier molecular flexibility index (Phi) is 2.04. The van der Waals surface area contributed by atoms with Crippen molar-refractivity contribution in [1.82, 2.24) is 0 Å². The molecule has 0 unspecified atom stereocenters. The summed E-state index contributed by atoms with van der Waals surface area (Å²) in [5.41, 5.74) is 2.73. The molecule has 1 heterocycles. The number of carbonyl (C=O) groups excluding carboxylic acids is 1. The minimum absolute atomic E-state index is 0.0703. The molecule has 1 aliphatic rings. The van der Waals surface area contributed by atoms with E-state index >= 15 is 0 Å². The van der Waals surface area contributed by atoms with Gasteiger partial charge in [0.2, 0.25) is 5.91 Å². The maximum Gasteiger partial charge on any atom is 0.225 e. The van der Waals surface area contributed by atoms with Crippen molar-refractivity contribution in [1.29, 1.82) is 0 Å². The molecule has 2 nitrogen and oxygen atoms in total. The van der Waals surface area contributed by atoms with Crippen molar-refractivity contribution in [3.8, 4) is 12.3 Å². The number of anilines is 1. The van der Waals surface area contributed by atoms with Crippen LogP contribution in [0.1, 0.15) is 31.4 Å². The standard InChI is InChI=1S/C13H13NO/c1-4-9-5-6-11-10(7-9)13(2,3)8-12(15)14-11/h1,5-7H,8H2,2-3H3,(H,14,15). The van der Waals surface area contributed by atoms with E-state index in [0.717, 1.165) is 16.8 Å². The lowest BCUT2D eigenvalue weighted by atomic mass is 9.77. The van der Waals surface area contributed by atoms with Crippen molar-refractivity contribution in [3.63, 3.8) is 0 Å². The maximum atomic E-state index is 11.4. The van der Waals surface area contributed by atoms with Crippen LogP contribution >= 0.6 is 0 Å². The number of nitrogens with one attached hydrogen (secondary N) is 1. The van der Waals surface area contributed by atoms with Crippen LogP contribution in [0, 0.1) is 12.3 Å². The summed E-state index contributed by atoms with van der Waals surface area (Å²) in [5.74, 6) is 2.68. The Morgan fingerprint density at radius 3 is 2.87 bits per heavy atom. The van der Waals surface area contributed by atoms with Gasteiger partial charge in [0, 0.05) is 23.1 Å². The first kappa shape index (κ1) is 9.79. The summed E-state index contributed by atoms with van der Waals surface area (Å²) in [6.45, 7) is 4.12. The van der Waals surface area contributed by atoms with Gasteiger partial charge in [0.15, 0.2) is 0 Å². The monoisotopic (exact) mass is 199 g/mol. The second-order valence-corrected chi connectivity index (χ2v) is 4.51. The Morgan fingerprint density at radius 1 is 1.47 bits per heavy atom. The molecule has 15 heavy (non-hydrogen) atoms. The highest BCUT2D eigenvalue weighted by atomic mass is 16.1. The van der Waals surface area contributed by atoms with Gasteiger partial charge >= 0.3 is 0 Å². The molecular weight excluding hydrogens is 186 g/mol. The lowest BCUT2D eigenvalue weighted by molar-refractivity contribution is -0.117. The van der Waals surface area contributed by atoms with Gasteiger partial charge in [0.05, 0.1) is 0 Å². The normalized spacial score (nSPS) is 17.5. The first-order chi connectivity index (χ1) is 7.03. The molecular formula is C13H13NO. The highest BCUT2D eigenvalue weighted by Crippen LogP contribution is 2.37. The Labute approximate surface area is 89.7 Å². The number of hydrogen-bond donors (Lipinski definition) is 1. The number of rotatable bonds is 0. The van der Waals surface area contributed by atoms with Crippen LogP contribution in [0.25, 0.3) is 0 Å². The highest BCUT2D eigenvalue weighted by Gasteiger charge is 2.31. The van der Waals surface area contributed by atoms with Crippen LogP contribution in [0.15, 0.2) is 18.2 Å². The molecule has 0 saturated carbocycles. The van der Waals surface area contributed by atoms with E-state index in [2.05, 4.69) is 25.1 Å². The van der Waals surface area contributed by atoms with Crippen molar-refractivity contribution >= 4 is 11.6 Å². The topological polar surface area (TPSA) is 29.1 Å². The highest BCUT2D eigenvalue weighted by molar-refractivity contribution is 5.95. The molecule has 1 aliphatic heterocycles. The molecule has 1 N–H and O–H groups in total. The molecule has 2 heteroatoms. The van der Waals surface area contributed by atoms with Gasteiger partial charge in [-0.15, -0.1) is 6.42 Å². The molecule has 2 rings (SSSR count). The van der Waals surface area contributed by atoms with E-state index in [0.29, 0.717) is 6.42 Å². The maximum absolute atomic E-state index is 11.4. The lowest BCUT2D eigenvalue weighted by Gasteiger charge is -2.32. The van der Waals surface area contributed by atoms with E-state index in [4.69, 9.17) is 6.42 Å². The zero-order valence-electron chi connectivity index (χ0n) is 8.92. The van der Waals surface area contributed by atoms with Crippen LogP contribution in [0.3, 0.4) is 0 Å². The van der Waals surface area contributed by atoms with E-state index in [1.807, 2.05) is 18.2 Å². The summed E-state index contributed by atoms with van der Waals surface area (Å²) in [6.07, 6.45) is 5.87. The minimum Gasteiger partial charge on any atom is -0.326 e. The average molecular weight is 199 g/mol. The SMILES string of the molecule is C#Cc1ccc2c(c1)C(C)(C)CC(=O)N2. The molecule has 0 radical (unpaired) electrons. The third kappa shape index (κ3) is 1.61. The number of terminal acetylenes is 1. The van der Waals surface area contributed by atoms with Crippen molar-refractivity contribution < 1.29 is 4.79 Å². The number of carbonyl (C=O) groups is 1. The van der Waals surface area contributed by atoms with Crippen molar-refractivity contribution in [2.45, 2.75) is 25.7 Å². The van der Waals surface area contributed by atoms with E-state index in [9.17, 15) is 4.79 Å². The molecule has 76 valence electrons. The molecule has 0 spiro atoms. The van der Waals surface area contributed by atoms with Crippen molar-refractivity contribution in [3.05, 3.63) is 29.3 Å². The van der Waals surface area contributed by atoms with Crippen LogP contribution in [0.5, 0.6) is 0 Å². The minimum atomic E-state index is -0.134. The van der Waals surface area contributed by atoms with E-state index < -0.39 is 0 Å². The quantitative estimate of drug-likeness (QED) is 0.638. The fourth-order valence-electron chi connectivity index (χ4n) is 1.99. The van der Waals surface area contributed by atoms with Crippen LogP contribution in [0.2, 0.25) is 0 Å². The summed E-state index contributed by atoms with van der Waals surface area (Å²) in [7, 11) is 0. The summed E-state index contributed by atoms with van der Waals surface area (Å²) >= 11 is 0. The fraction of sp³-hybridized carbons (Fsp3) is 0.308. The van der Waals surface area contributed by atoms with E-state index in [-0.39, 0.29) is 11.3 Å². The van der Waals surface area contributed by atoms with Crippen molar-refractivity contribution in [2.24, 2.45) is 0 Å². The van der Waals surface area contributed by atoms with Gasteiger partial charge in [0.1, 0.15) is 0 Å². The smallest absolute Gasteiger partial charge is 0.225 e. The molecule has 0 atom stereocenters. The molecule has 1 aromatic carbocycles. The first-order valence-corrected chi connectivity index (χ1v) is 4.94. The van der Waals surface area contributed by atoms with Crippen LogP contribution < -0.4 is 5.32 Å². The van der Waals surface area contributed by atoms with Crippen LogP contribution in [-0.4, -0.2) is 5.91 Å². The third-order valence-electron chi connectivity index (χ3n) is 2.79. The zero-order valence-corrected chi connectivity index (χ0v) is 8.92. The van der Waals surface area contributed by atoms with Gasteiger partial charge in [-0.2, -0.15) is 0 Å². The molecule has 0 fully saturated rings. The fourth-order valence-corrected chi connectivity index (χ4v) is 1.99. The van der Waals surface area contributed by atoms with Gasteiger partial charge < -0.3 is 5.32 Å². The van der Waals surface area contributed by atoms with Crippen LogP contribution in [-0.2, 0) is 10.2 Å². The largest absolute Gasteiger partial charge is 0.326 e. The Balaban J connectivity index is 2.59. The van der Waals surface area contributed by atoms with Gasteiger partial charge in [-0.05, 0) is 23.8 Å². The van der Waals surface area contributed by atoms with Crippen molar-refractivity contribution in [2.75, 3.05) is 5.32 Å². The Morgan fingerprint density at radius 2 is 2.20 bits per heavy atom. The van der Waals surface area contributed by atoms with Gasteiger partial charge in [-0.3, -0.25) is 4.79 Å². The van der Waals surface area contributed by atoms with Gasteiger partial charge in [-0.1, -0.05) is 19.8 Å². The van der Waals surface area contributed by atoms with Crippen LogP contribution in [0.4, 0.5) is 5.69 Å².